The first-order valence-corrected chi connectivity index (χ1v) is 5.67. The number of rotatable bonds is 2. The van der Waals surface area contributed by atoms with E-state index in [0.717, 1.165) is 0 Å². The third kappa shape index (κ3) is 1.35. The van der Waals surface area contributed by atoms with Gasteiger partial charge in [0.25, 0.3) is 0 Å². The molecule has 2 N–H and O–H groups in total. The standard InChI is InChI=1S/C13H7ClN4O/c14-9-3-1-8(2-4-9)10-12(5-15,6-16)13(10,7-17)11(18)19/h1-4,10H,(H2,18,19)/t10-,13-/m0/s1. The van der Waals surface area contributed by atoms with Gasteiger partial charge in [-0.05, 0) is 17.7 Å². The van der Waals surface area contributed by atoms with Gasteiger partial charge in [-0.25, -0.2) is 0 Å². The Balaban J connectivity index is 2.62. The number of primary amides is 1. The first-order valence-electron chi connectivity index (χ1n) is 5.29. The molecule has 5 nitrogen and oxygen atoms in total. The van der Waals surface area contributed by atoms with Crippen molar-refractivity contribution in [3.05, 3.63) is 34.9 Å². The predicted molar refractivity (Wildman–Crippen MR) is 65.1 cm³/mol. The summed E-state index contributed by atoms with van der Waals surface area (Å²) < 4.78 is 0. The molecule has 0 unspecified atom stereocenters. The molecule has 1 saturated carbocycles. The zero-order valence-electron chi connectivity index (χ0n) is 9.59. The van der Waals surface area contributed by atoms with Gasteiger partial charge < -0.3 is 5.73 Å². The van der Waals surface area contributed by atoms with Crippen LogP contribution in [0.5, 0.6) is 0 Å². The van der Waals surface area contributed by atoms with E-state index in [0.29, 0.717) is 10.6 Å². The van der Waals surface area contributed by atoms with E-state index in [1.165, 1.54) is 0 Å². The van der Waals surface area contributed by atoms with Gasteiger partial charge in [-0.3, -0.25) is 4.79 Å². The zero-order valence-corrected chi connectivity index (χ0v) is 10.3. The normalized spacial score (nSPS) is 26.5. The van der Waals surface area contributed by atoms with Crippen molar-refractivity contribution in [1.82, 2.24) is 0 Å². The number of amides is 1. The average molecular weight is 271 g/mol. The largest absolute Gasteiger partial charge is 0.368 e. The predicted octanol–water partition coefficient (Wildman–Crippen LogP) is 1.47. The molecule has 0 saturated heterocycles. The Labute approximate surface area is 114 Å². The molecule has 1 fully saturated rings. The summed E-state index contributed by atoms with van der Waals surface area (Å²) >= 11 is 5.76. The maximum atomic E-state index is 11.6. The SMILES string of the molecule is N#CC1(C#N)[C@H](c2ccc(Cl)cc2)[C@@]1(C#N)C(N)=O. The lowest BCUT2D eigenvalue weighted by Crippen LogP contribution is -2.28. The Bertz CT molecular complexity index is 663. The van der Waals surface area contributed by atoms with Crippen molar-refractivity contribution < 1.29 is 4.79 Å². The topological polar surface area (TPSA) is 114 Å². The molecule has 2 rings (SSSR count). The fourth-order valence-electron chi connectivity index (χ4n) is 2.50. The maximum absolute atomic E-state index is 11.6. The second-order valence-corrected chi connectivity index (χ2v) is 4.74. The van der Waals surface area contributed by atoms with E-state index >= 15 is 0 Å². The molecular weight excluding hydrogens is 264 g/mol. The molecule has 19 heavy (non-hydrogen) atoms. The number of benzene rings is 1. The van der Waals surface area contributed by atoms with Gasteiger partial charge in [-0.2, -0.15) is 15.8 Å². The highest BCUT2D eigenvalue weighted by atomic mass is 35.5. The Morgan fingerprint density at radius 1 is 1.16 bits per heavy atom. The van der Waals surface area contributed by atoms with Crippen molar-refractivity contribution in [1.29, 1.82) is 15.8 Å². The number of nitrogens with two attached hydrogens (primary N) is 1. The van der Waals surface area contributed by atoms with Crippen LogP contribution >= 0.6 is 11.6 Å². The summed E-state index contributed by atoms with van der Waals surface area (Å²) in [6, 6.07) is 11.6. The smallest absolute Gasteiger partial charge is 0.241 e. The van der Waals surface area contributed by atoms with Crippen LogP contribution in [0, 0.1) is 44.8 Å². The highest BCUT2D eigenvalue weighted by Crippen LogP contribution is 2.73. The first-order chi connectivity index (χ1) is 9.00. The average Bonchev–Trinajstić information content (AvgIpc) is 3.03. The first kappa shape index (κ1) is 12.9. The summed E-state index contributed by atoms with van der Waals surface area (Å²) in [5.74, 6) is -1.81. The van der Waals surface area contributed by atoms with Gasteiger partial charge in [0.1, 0.15) is 0 Å². The van der Waals surface area contributed by atoms with Gasteiger partial charge in [0.05, 0.1) is 18.2 Å². The van der Waals surface area contributed by atoms with Crippen LogP contribution in [0.3, 0.4) is 0 Å². The van der Waals surface area contributed by atoms with Crippen LogP contribution in [-0.2, 0) is 4.79 Å². The van der Waals surface area contributed by atoms with Crippen molar-refractivity contribution in [2.75, 3.05) is 0 Å². The van der Waals surface area contributed by atoms with Crippen LogP contribution in [0.25, 0.3) is 0 Å². The van der Waals surface area contributed by atoms with Crippen LogP contribution in [0.2, 0.25) is 5.02 Å². The van der Waals surface area contributed by atoms with Crippen molar-refractivity contribution in [2.45, 2.75) is 5.92 Å². The molecule has 1 aliphatic rings. The lowest BCUT2D eigenvalue weighted by molar-refractivity contribution is -0.121. The van der Waals surface area contributed by atoms with Crippen molar-refractivity contribution in [2.24, 2.45) is 16.6 Å². The number of hydrogen-bond acceptors (Lipinski definition) is 4. The van der Waals surface area contributed by atoms with E-state index in [4.69, 9.17) is 17.3 Å². The molecule has 6 heteroatoms. The number of hydrogen-bond donors (Lipinski definition) is 1. The third-order valence-electron chi connectivity index (χ3n) is 3.53. The Morgan fingerprint density at radius 3 is 2.00 bits per heavy atom. The Hall–Kier alpha value is -2.55. The number of halogens is 1. The van der Waals surface area contributed by atoms with Crippen LogP contribution in [0.1, 0.15) is 11.5 Å². The van der Waals surface area contributed by atoms with Crippen molar-refractivity contribution in [3.8, 4) is 18.2 Å². The van der Waals surface area contributed by atoms with E-state index in [2.05, 4.69) is 0 Å². The van der Waals surface area contributed by atoms with Gasteiger partial charge in [-0.15, -0.1) is 0 Å². The molecule has 92 valence electrons. The van der Waals surface area contributed by atoms with Crippen LogP contribution in [0.4, 0.5) is 0 Å². The number of carbonyl (C=O) groups excluding carboxylic acids is 1. The minimum Gasteiger partial charge on any atom is -0.368 e. The summed E-state index contributed by atoms with van der Waals surface area (Å²) in [6.45, 7) is 0. The van der Waals surface area contributed by atoms with Crippen LogP contribution < -0.4 is 5.73 Å². The lowest BCUT2D eigenvalue weighted by Gasteiger charge is -2.02. The molecule has 0 spiro atoms. The number of nitriles is 3. The summed E-state index contributed by atoms with van der Waals surface area (Å²) in [7, 11) is 0. The maximum Gasteiger partial charge on any atom is 0.241 e. The second kappa shape index (κ2) is 3.99. The molecule has 1 aromatic carbocycles. The Morgan fingerprint density at radius 2 is 1.68 bits per heavy atom. The monoisotopic (exact) mass is 270 g/mol. The Kier molecular flexibility index (Phi) is 2.71. The van der Waals surface area contributed by atoms with Gasteiger partial charge in [0.2, 0.25) is 5.91 Å². The highest BCUT2D eigenvalue weighted by molar-refractivity contribution is 6.30. The van der Waals surface area contributed by atoms with Crippen molar-refractivity contribution in [3.63, 3.8) is 0 Å². The summed E-state index contributed by atoms with van der Waals surface area (Å²) in [6.07, 6.45) is 0. The van der Waals surface area contributed by atoms with Crippen molar-refractivity contribution >= 4 is 17.5 Å². The van der Waals surface area contributed by atoms with E-state index in [1.54, 1.807) is 42.5 Å². The summed E-state index contributed by atoms with van der Waals surface area (Å²) in [4.78, 5) is 11.6. The molecule has 0 aliphatic heterocycles. The molecule has 0 radical (unpaired) electrons. The molecule has 0 bridgehead atoms. The molecule has 2 atom stereocenters. The van der Waals surface area contributed by atoms with Crippen LogP contribution in [-0.4, -0.2) is 5.91 Å². The lowest BCUT2D eigenvalue weighted by atomic mass is 9.96. The molecule has 1 aromatic rings. The van der Waals surface area contributed by atoms with Gasteiger partial charge in [0, 0.05) is 10.9 Å². The van der Waals surface area contributed by atoms with E-state index in [-0.39, 0.29) is 0 Å². The molecule has 1 amide bonds. The molecule has 1 aliphatic carbocycles. The minimum absolute atomic E-state index is 0.477. The molecule has 0 heterocycles. The minimum atomic E-state index is -1.80. The third-order valence-corrected chi connectivity index (χ3v) is 3.78. The fraction of sp³-hybridized carbons (Fsp3) is 0.231. The second-order valence-electron chi connectivity index (χ2n) is 4.30. The van der Waals surface area contributed by atoms with Gasteiger partial charge in [-0.1, -0.05) is 23.7 Å². The molecule has 0 aromatic heterocycles. The number of nitrogens with zero attached hydrogens (tertiary/aromatic N) is 3. The quantitative estimate of drug-likeness (QED) is 0.876. The van der Waals surface area contributed by atoms with Gasteiger partial charge >= 0.3 is 0 Å². The fourth-order valence-corrected chi connectivity index (χ4v) is 2.63. The van der Waals surface area contributed by atoms with Crippen LogP contribution in [0.15, 0.2) is 24.3 Å². The van der Waals surface area contributed by atoms with Gasteiger partial charge in [0.15, 0.2) is 10.8 Å². The van der Waals surface area contributed by atoms with E-state index < -0.39 is 22.7 Å². The molecular formula is C13H7ClN4O. The van der Waals surface area contributed by atoms with E-state index in [1.807, 2.05) is 0 Å². The van der Waals surface area contributed by atoms with E-state index in [9.17, 15) is 20.6 Å². The summed E-state index contributed by atoms with van der Waals surface area (Å²) in [5, 5.41) is 28.1. The number of carbonyl (C=O) groups is 1. The zero-order chi connectivity index (χ0) is 14.3. The highest BCUT2D eigenvalue weighted by Gasteiger charge is 2.84. The summed E-state index contributed by atoms with van der Waals surface area (Å²) in [5.41, 5.74) is 2.22.